The molecule has 0 unspecified atom stereocenters. The molecule has 0 aliphatic carbocycles. The van der Waals surface area contributed by atoms with E-state index < -0.39 is 11.7 Å². The Morgan fingerprint density at radius 3 is 2.68 bits per heavy atom. The Morgan fingerprint density at radius 2 is 1.95 bits per heavy atom. The number of hydrogen-bond acceptors (Lipinski definition) is 3. The molecule has 3 N–H and O–H groups in total. The summed E-state index contributed by atoms with van der Waals surface area (Å²) in [6, 6.07) is 9.32. The van der Waals surface area contributed by atoms with Gasteiger partial charge in [-0.1, -0.05) is 6.07 Å². The van der Waals surface area contributed by atoms with Crippen LogP contribution in [0.4, 0.5) is 4.39 Å². The maximum absolute atomic E-state index is 13.0. The second-order valence-corrected chi connectivity index (χ2v) is 4.01. The fourth-order valence-corrected chi connectivity index (χ4v) is 1.62. The molecule has 0 heterocycles. The van der Waals surface area contributed by atoms with Crippen molar-refractivity contribution in [3.63, 3.8) is 0 Å². The maximum atomic E-state index is 13.0. The number of halogens is 1. The Labute approximate surface area is 109 Å². The van der Waals surface area contributed by atoms with E-state index in [4.69, 9.17) is 0 Å². The standard InChI is InChI=1S/C14H12FNO3/c15-11-3-1-2-9(6-11)14(19)16-8-10-7-12(17)4-5-13(10)18/h1-7,17-18H,8H2,(H,16,19). The van der Waals surface area contributed by atoms with Crippen LogP contribution in [0.25, 0.3) is 0 Å². The fourth-order valence-electron chi connectivity index (χ4n) is 1.62. The lowest BCUT2D eigenvalue weighted by molar-refractivity contribution is 0.0950. The van der Waals surface area contributed by atoms with E-state index in [1.54, 1.807) is 0 Å². The van der Waals surface area contributed by atoms with Gasteiger partial charge in [0.15, 0.2) is 0 Å². The van der Waals surface area contributed by atoms with Crippen LogP contribution in [-0.4, -0.2) is 16.1 Å². The minimum absolute atomic E-state index is 0.00666. The molecule has 0 fully saturated rings. The van der Waals surface area contributed by atoms with Crippen LogP contribution in [0.5, 0.6) is 11.5 Å². The number of nitrogens with one attached hydrogen (secondary N) is 1. The molecule has 5 heteroatoms. The molecule has 2 aromatic carbocycles. The number of carbonyl (C=O) groups excluding carboxylic acids is 1. The van der Waals surface area contributed by atoms with E-state index in [2.05, 4.69) is 5.32 Å². The van der Waals surface area contributed by atoms with Gasteiger partial charge in [0.2, 0.25) is 0 Å². The van der Waals surface area contributed by atoms with E-state index in [1.807, 2.05) is 0 Å². The first-order valence-electron chi connectivity index (χ1n) is 5.61. The van der Waals surface area contributed by atoms with Crippen molar-refractivity contribution in [1.82, 2.24) is 5.32 Å². The minimum atomic E-state index is -0.493. The highest BCUT2D eigenvalue weighted by molar-refractivity contribution is 5.94. The third kappa shape index (κ3) is 3.22. The van der Waals surface area contributed by atoms with Crippen LogP contribution >= 0.6 is 0 Å². The number of rotatable bonds is 3. The van der Waals surface area contributed by atoms with Gasteiger partial charge < -0.3 is 15.5 Å². The van der Waals surface area contributed by atoms with Crippen LogP contribution in [0, 0.1) is 5.82 Å². The summed E-state index contributed by atoms with van der Waals surface area (Å²) < 4.78 is 13.0. The lowest BCUT2D eigenvalue weighted by Gasteiger charge is -2.07. The van der Waals surface area contributed by atoms with Crippen LogP contribution in [0.2, 0.25) is 0 Å². The van der Waals surface area contributed by atoms with E-state index in [9.17, 15) is 19.4 Å². The van der Waals surface area contributed by atoms with Gasteiger partial charge in [0.25, 0.3) is 5.91 Å². The van der Waals surface area contributed by atoms with Crippen LogP contribution in [0.3, 0.4) is 0 Å². The monoisotopic (exact) mass is 261 g/mol. The number of benzene rings is 2. The Kier molecular flexibility index (Phi) is 3.66. The third-order valence-corrected chi connectivity index (χ3v) is 2.59. The van der Waals surface area contributed by atoms with Gasteiger partial charge in [-0.2, -0.15) is 0 Å². The largest absolute Gasteiger partial charge is 0.508 e. The number of carbonyl (C=O) groups is 1. The second kappa shape index (κ2) is 5.39. The normalized spacial score (nSPS) is 10.2. The van der Waals surface area contributed by atoms with Gasteiger partial charge in [-0.05, 0) is 36.4 Å². The summed E-state index contributed by atoms with van der Waals surface area (Å²) in [5.74, 6) is -0.986. The van der Waals surface area contributed by atoms with Gasteiger partial charge in [-0.3, -0.25) is 4.79 Å². The Morgan fingerprint density at radius 1 is 1.16 bits per heavy atom. The molecule has 98 valence electrons. The summed E-state index contributed by atoms with van der Waals surface area (Å²) in [5, 5.41) is 21.4. The Hall–Kier alpha value is -2.56. The molecule has 19 heavy (non-hydrogen) atoms. The first-order chi connectivity index (χ1) is 9.06. The molecule has 0 spiro atoms. The van der Waals surface area contributed by atoms with Crippen molar-refractivity contribution in [2.75, 3.05) is 0 Å². The number of phenolic OH excluding ortho intramolecular Hbond substituents is 2. The van der Waals surface area contributed by atoms with Crippen molar-refractivity contribution < 1.29 is 19.4 Å². The second-order valence-electron chi connectivity index (χ2n) is 4.01. The lowest BCUT2D eigenvalue weighted by Crippen LogP contribution is -2.22. The SMILES string of the molecule is O=C(NCc1cc(O)ccc1O)c1cccc(F)c1. The van der Waals surface area contributed by atoms with Crippen molar-refractivity contribution >= 4 is 5.91 Å². The molecule has 4 nitrogen and oxygen atoms in total. The van der Waals surface area contributed by atoms with Crippen molar-refractivity contribution in [1.29, 1.82) is 0 Å². The summed E-state index contributed by atoms with van der Waals surface area (Å²) in [6.07, 6.45) is 0. The zero-order valence-electron chi connectivity index (χ0n) is 9.93. The van der Waals surface area contributed by atoms with E-state index >= 15 is 0 Å². The summed E-state index contributed by atoms with van der Waals surface area (Å²) in [5.41, 5.74) is 0.574. The molecule has 0 aliphatic rings. The lowest BCUT2D eigenvalue weighted by atomic mass is 10.1. The van der Waals surface area contributed by atoms with Gasteiger partial charge in [-0.15, -0.1) is 0 Å². The quantitative estimate of drug-likeness (QED) is 0.741. The van der Waals surface area contributed by atoms with E-state index in [0.717, 1.165) is 6.07 Å². The van der Waals surface area contributed by atoms with Gasteiger partial charge in [0.1, 0.15) is 17.3 Å². The fraction of sp³-hybridized carbons (Fsp3) is 0.0714. The van der Waals surface area contributed by atoms with Gasteiger partial charge in [-0.25, -0.2) is 4.39 Å². The molecule has 0 saturated heterocycles. The molecule has 2 rings (SSSR count). The zero-order valence-corrected chi connectivity index (χ0v) is 9.93. The van der Waals surface area contributed by atoms with Gasteiger partial charge >= 0.3 is 0 Å². The van der Waals surface area contributed by atoms with Crippen molar-refractivity contribution in [3.8, 4) is 11.5 Å². The van der Waals surface area contributed by atoms with Crippen LogP contribution < -0.4 is 5.32 Å². The van der Waals surface area contributed by atoms with Crippen LogP contribution in [0.1, 0.15) is 15.9 Å². The van der Waals surface area contributed by atoms with E-state index in [0.29, 0.717) is 5.56 Å². The van der Waals surface area contributed by atoms with Crippen molar-refractivity contribution in [2.24, 2.45) is 0 Å². The molecule has 0 saturated carbocycles. The molecular weight excluding hydrogens is 249 g/mol. The topological polar surface area (TPSA) is 69.6 Å². The highest BCUT2D eigenvalue weighted by Gasteiger charge is 2.08. The van der Waals surface area contributed by atoms with Crippen LogP contribution in [-0.2, 0) is 6.54 Å². The summed E-state index contributed by atoms with van der Waals surface area (Å²) in [4.78, 5) is 11.7. The molecule has 0 radical (unpaired) electrons. The molecule has 0 aliphatic heterocycles. The first-order valence-corrected chi connectivity index (χ1v) is 5.61. The van der Waals surface area contributed by atoms with E-state index in [-0.39, 0.29) is 23.6 Å². The Bertz CT molecular complexity index is 613. The number of amides is 1. The van der Waals surface area contributed by atoms with Crippen LogP contribution in [0.15, 0.2) is 42.5 Å². The predicted molar refractivity (Wildman–Crippen MR) is 67.3 cm³/mol. The molecule has 1 amide bonds. The summed E-state index contributed by atoms with van der Waals surface area (Å²) >= 11 is 0. The third-order valence-electron chi connectivity index (χ3n) is 2.59. The van der Waals surface area contributed by atoms with E-state index in [1.165, 1.54) is 36.4 Å². The number of aromatic hydroxyl groups is 2. The summed E-state index contributed by atoms with van der Waals surface area (Å²) in [7, 11) is 0. The first kappa shape index (κ1) is 12.9. The molecule has 2 aromatic rings. The predicted octanol–water partition coefficient (Wildman–Crippen LogP) is 2.17. The average molecular weight is 261 g/mol. The maximum Gasteiger partial charge on any atom is 0.251 e. The molecule has 0 bridgehead atoms. The highest BCUT2D eigenvalue weighted by atomic mass is 19.1. The van der Waals surface area contributed by atoms with Crippen molar-refractivity contribution in [3.05, 3.63) is 59.4 Å². The smallest absolute Gasteiger partial charge is 0.251 e. The van der Waals surface area contributed by atoms with Crippen molar-refractivity contribution in [2.45, 2.75) is 6.54 Å². The summed E-state index contributed by atoms with van der Waals surface area (Å²) in [6.45, 7) is 0.0373. The highest BCUT2D eigenvalue weighted by Crippen LogP contribution is 2.21. The number of hydrogen-bond donors (Lipinski definition) is 3. The van der Waals surface area contributed by atoms with Gasteiger partial charge in [0.05, 0.1) is 0 Å². The minimum Gasteiger partial charge on any atom is -0.508 e. The average Bonchev–Trinajstić information content (AvgIpc) is 2.39. The molecule has 0 atom stereocenters. The zero-order chi connectivity index (χ0) is 13.8. The number of phenols is 2. The molecular formula is C14H12FNO3. The Balaban J connectivity index is 2.06. The molecule has 0 aromatic heterocycles. The van der Waals surface area contributed by atoms with Gasteiger partial charge in [0, 0.05) is 17.7 Å².